The molecule has 0 saturated carbocycles. The molecule has 1 unspecified atom stereocenters. The summed E-state index contributed by atoms with van der Waals surface area (Å²) in [5, 5.41) is 8.29. The van der Waals surface area contributed by atoms with Gasteiger partial charge in [-0.1, -0.05) is 42.5 Å². The molecule has 3 rings (SSSR count). The van der Waals surface area contributed by atoms with Gasteiger partial charge in [0, 0.05) is 30.9 Å². The molecule has 2 aromatic carbocycles. The fourth-order valence-electron chi connectivity index (χ4n) is 2.79. The zero-order chi connectivity index (χ0) is 19.6. The highest BCUT2D eigenvalue weighted by Gasteiger charge is 2.17. The van der Waals surface area contributed by atoms with Gasteiger partial charge in [-0.05, 0) is 43.2 Å². The average molecular weight is 368 g/mol. The number of aliphatic carboxylic acids is 1. The van der Waals surface area contributed by atoms with Gasteiger partial charge in [-0.2, -0.15) is 0 Å². The third-order valence-corrected chi connectivity index (χ3v) is 4.22. The van der Waals surface area contributed by atoms with Crippen LogP contribution >= 0.6 is 0 Å². The van der Waals surface area contributed by atoms with Crippen molar-refractivity contribution in [2.24, 2.45) is 5.73 Å². The molecule has 0 amide bonds. The Morgan fingerprint density at radius 3 is 2.63 bits per heavy atom. The van der Waals surface area contributed by atoms with Gasteiger partial charge in [-0.3, -0.25) is 0 Å². The lowest BCUT2D eigenvalue weighted by Crippen LogP contribution is -2.41. The van der Waals surface area contributed by atoms with E-state index in [1.807, 2.05) is 37.3 Å². The van der Waals surface area contributed by atoms with Gasteiger partial charge in [-0.15, -0.1) is 0 Å². The number of ether oxygens (including phenoxy) is 1. The maximum Gasteiger partial charge on any atom is 0.328 e. The van der Waals surface area contributed by atoms with Crippen molar-refractivity contribution in [3.05, 3.63) is 71.8 Å². The molecule has 5 nitrogen and oxygen atoms in total. The van der Waals surface area contributed by atoms with Gasteiger partial charge in [0.25, 0.3) is 0 Å². The lowest BCUT2D eigenvalue weighted by Gasteiger charge is -2.33. The van der Waals surface area contributed by atoms with E-state index in [0.29, 0.717) is 6.10 Å². The quantitative estimate of drug-likeness (QED) is 0.805. The Morgan fingerprint density at radius 1 is 1.26 bits per heavy atom. The van der Waals surface area contributed by atoms with Crippen molar-refractivity contribution in [3.63, 3.8) is 0 Å². The summed E-state index contributed by atoms with van der Waals surface area (Å²) >= 11 is 0. The first-order chi connectivity index (χ1) is 13.0. The number of hydrogen-bond donors (Lipinski definition) is 2. The Kier molecular flexibility index (Phi) is 8.04. The Balaban J connectivity index is 0.000000208. The molecule has 3 N–H and O–H groups in total. The topological polar surface area (TPSA) is 75.8 Å². The summed E-state index contributed by atoms with van der Waals surface area (Å²) in [5.41, 5.74) is 9.24. The van der Waals surface area contributed by atoms with Crippen LogP contribution in [0.25, 0.3) is 6.08 Å². The molecule has 0 aliphatic carbocycles. The second-order valence-electron chi connectivity index (χ2n) is 6.59. The average Bonchev–Trinajstić information content (AvgIpc) is 2.68. The highest BCUT2D eigenvalue weighted by atomic mass is 16.5. The van der Waals surface area contributed by atoms with Crippen LogP contribution in [-0.2, 0) is 9.53 Å². The van der Waals surface area contributed by atoms with Crippen molar-refractivity contribution in [3.8, 4) is 0 Å². The van der Waals surface area contributed by atoms with Crippen LogP contribution in [0.5, 0.6) is 0 Å². The summed E-state index contributed by atoms with van der Waals surface area (Å²) in [4.78, 5) is 12.4. The van der Waals surface area contributed by atoms with E-state index in [1.54, 1.807) is 6.08 Å². The van der Waals surface area contributed by atoms with Gasteiger partial charge < -0.3 is 20.5 Å². The largest absolute Gasteiger partial charge is 0.478 e. The number of nitrogens with zero attached hydrogens (tertiary/aromatic N) is 1. The Morgan fingerprint density at radius 2 is 2.00 bits per heavy atom. The monoisotopic (exact) mass is 368 g/mol. The zero-order valence-corrected chi connectivity index (χ0v) is 15.9. The predicted molar refractivity (Wildman–Crippen MR) is 110 cm³/mol. The van der Waals surface area contributed by atoms with E-state index in [9.17, 15) is 4.79 Å². The second kappa shape index (κ2) is 10.5. The van der Waals surface area contributed by atoms with E-state index in [0.717, 1.165) is 31.3 Å². The summed E-state index contributed by atoms with van der Waals surface area (Å²) in [6.07, 6.45) is 2.99. The molecule has 1 heterocycles. The van der Waals surface area contributed by atoms with Crippen molar-refractivity contribution in [1.29, 1.82) is 0 Å². The number of carboxylic acids is 1. The molecule has 0 bridgehead atoms. The van der Waals surface area contributed by atoms with Crippen LogP contribution in [0, 0.1) is 0 Å². The smallest absolute Gasteiger partial charge is 0.328 e. The highest BCUT2D eigenvalue weighted by molar-refractivity contribution is 5.85. The maximum atomic E-state index is 10.1. The van der Waals surface area contributed by atoms with Gasteiger partial charge in [0.15, 0.2) is 0 Å². The van der Waals surface area contributed by atoms with Crippen LogP contribution in [-0.4, -0.2) is 36.9 Å². The lowest BCUT2D eigenvalue weighted by atomic mass is 10.1. The number of morpholine rings is 1. The Labute approximate surface area is 161 Å². The van der Waals surface area contributed by atoms with E-state index in [4.69, 9.17) is 15.6 Å². The molecule has 1 aliphatic rings. The number of nitrogens with two attached hydrogens (primary N) is 1. The van der Waals surface area contributed by atoms with Crippen molar-refractivity contribution < 1.29 is 14.6 Å². The molecular weight excluding hydrogens is 340 g/mol. The summed E-state index contributed by atoms with van der Waals surface area (Å²) in [6.45, 7) is 6.86. The second-order valence-corrected chi connectivity index (χ2v) is 6.59. The minimum absolute atomic E-state index is 0.0958. The van der Waals surface area contributed by atoms with E-state index in [1.165, 1.54) is 11.3 Å². The van der Waals surface area contributed by atoms with Gasteiger partial charge in [0.2, 0.25) is 0 Å². The van der Waals surface area contributed by atoms with Gasteiger partial charge in [0.05, 0.1) is 12.7 Å². The molecule has 1 aliphatic heterocycles. The van der Waals surface area contributed by atoms with Gasteiger partial charge >= 0.3 is 5.97 Å². The standard InChI is InChI=1S/C13H20N2O.C9H8O2/c1-10-9-15(6-7-16-10)13-5-3-4-12(8-13)11(2)14;10-9(11)7-6-8-4-2-1-3-5-8/h3-5,8,10-11H,6-7,9,14H2,1-2H3;1-7H,(H,10,11)/b;7-6+/t10?,11-;/m0./s1. The number of benzene rings is 2. The molecule has 1 fully saturated rings. The predicted octanol–water partition coefficient (Wildman–Crippen LogP) is 3.72. The summed E-state index contributed by atoms with van der Waals surface area (Å²) in [6, 6.07) is 17.9. The minimum atomic E-state index is -0.922. The molecular formula is C22H28N2O3. The summed E-state index contributed by atoms with van der Waals surface area (Å²) < 4.78 is 5.54. The molecule has 2 atom stereocenters. The van der Waals surface area contributed by atoms with E-state index in [2.05, 4.69) is 36.1 Å². The zero-order valence-electron chi connectivity index (χ0n) is 15.9. The lowest BCUT2D eigenvalue weighted by molar-refractivity contribution is -0.131. The van der Waals surface area contributed by atoms with Crippen LogP contribution in [0.1, 0.15) is 31.0 Å². The van der Waals surface area contributed by atoms with Crippen molar-refractivity contribution >= 4 is 17.7 Å². The fraction of sp³-hybridized carbons (Fsp3) is 0.318. The number of carboxylic acid groups (broad SMARTS) is 1. The van der Waals surface area contributed by atoms with Crippen molar-refractivity contribution in [2.45, 2.75) is 26.0 Å². The third kappa shape index (κ3) is 7.25. The number of carbonyl (C=O) groups is 1. The van der Waals surface area contributed by atoms with Crippen LogP contribution < -0.4 is 10.6 Å². The SMILES string of the molecule is CC1CN(c2cccc([C@H](C)N)c2)CCO1.O=C(O)/C=C/c1ccccc1. The normalized spacial score (nSPS) is 17.9. The Bertz CT molecular complexity index is 744. The minimum Gasteiger partial charge on any atom is -0.478 e. The number of hydrogen-bond acceptors (Lipinski definition) is 4. The highest BCUT2D eigenvalue weighted by Crippen LogP contribution is 2.21. The molecule has 0 spiro atoms. The first-order valence-corrected chi connectivity index (χ1v) is 9.14. The van der Waals surface area contributed by atoms with E-state index >= 15 is 0 Å². The van der Waals surface area contributed by atoms with E-state index in [-0.39, 0.29) is 6.04 Å². The third-order valence-electron chi connectivity index (χ3n) is 4.22. The van der Waals surface area contributed by atoms with Crippen molar-refractivity contribution in [1.82, 2.24) is 0 Å². The van der Waals surface area contributed by atoms with Crippen LogP contribution in [0.4, 0.5) is 5.69 Å². The number of rotatable bonds is 4. The van der Waals surface area contributed by atoms with E-state index < -0.39 is 5.97 Å². The molecule has 27 heavy (non-hydrogen) atoms. The van der Waals surface area contributed by atoms with Gasteiger partial charge in [-0.25, -0.2) is 4.79 Å². The van der Waals surface area contributed by atoms with Crippen LogP contribution in [0.2, 0.25) is 0 Å². The molecule has 0 radical (unpaired) electrons. The molecule has 2 aromatic rings. The Hall–Kier alpha value is -2.63. The van der Waals surface area contributed by atoms with Crippen LogP contribution in [0.3, 0.4) is 0 Å². The fourth-order valence-corrected chi connectivity index (χ4v) is 2.79. The van der Waals surface area contributed by atoms with Gasteiger partial charge in [0.1, 0.15) is 0 Å². The first-order valence-electron chi connectivity index (χ1n) is 9.14. The summed E-state index contributed by atoms with van der Waals surface area (Å²) in [5.74, 6) is -0.922. The molecule has 5 heteroatoms. The molecule has 1 saturated heterocycles. The number of anilines is 1. The first kappa shape index (κ1) is 20.7. The molecule has 144 valence electrons. The van der Waals surface area contributed by atoms with Crippen molar-refractivity contribution in [2.75, 3.05) is 24.6 Å². The summed E-state index contributed by atoms with van der Waals surface area (Å²) in [7, 11) is 0. The maximum absolute atomic E-state index is 10.1. The van der Waals surface area contributed by atoms with Crippen LogP contribution in [0.15, 0.2) is 60.7 Å². The molecule has 0 aromatic heterocycles.